The first-order chi connectivity index (χ1) is 30.2. The topological polar surface area (TPSA) is 93.2 Å². The zero-order valence-corrected chi connectivity index (χ0v) is 40.7. The Balaban J connectivity index is 0.912. The molecule has 8 aliphatic rings. The summed E-state index contributed by atoms with van der Waals surface area (Å²) in [6, 6.07) is 9.84. The molecule has 0 N–H and O–H groups in total. The number of allylic oxidation sites excluding steroid dienone is 1. The molecule has 64 heavy (non-hydrogen) atoms. The zero-order chi connectivity index (χ0) is 45.8. The van der Waals surface area contributed by atoms with Gasteiger partial charge in [-0.25, -0.2) is 4.39 Å². The maximum atomic E-state index is 15.4. The van der Waals surface area contributed by atoms with Crippen molar-refractivity contribution in [3.8, 4) is 0 Å². The van der Waals surface area contributed by atoms with Crippen molar-refractivity contribution < 1.29 is 33.0 Å². The van der Waals surface area contributed by atoms with Gasteiger partial charge in [-0.1, -0.05) is 92.6 Å². The summed E-state index contributed by atoms with van der Waals surface area (Å²) in [5.41, 5.74) is 1.64. The number of esters is 2. The number of carbonyl (C=O) groups is 4. The van der Waals surface area contributed by atoms with E-state index in [1.165, 1.54) is 5.57 Å². The van der Waals surface area contributed by atoms with Gasteiger partial charge in [0.1, 0.15) is 18.9 Å². The summed E-state index contributed by atoms with van der Waals surface area (Å²) in [7, 11) is 0. The Morgan fingerprint density at radius 3 is 2.16 bits per heavy atom. The fourth-order valence-electron chi connectivity index (χ4n) is 16.8. The minimum absolute atomic E-state index is 0.0233. The number of hydrogen-bond donors (Lipinski definition) is 0. The van der Waals surface area contributed by atoms with Crippen molar-refractivity contribution in [1.82, 2.24) is 9.80 Å². The lowest BCUT2D eigenvalue weighted by Crippen LogP contribution is -2.66. The predicted molar refractivity (Wildman–Crippen MR) is 246 cm³/mol. The Bertz CT molecular complexity index is 2040. The van der Waals surface area contributed by atoms with Crippen molar-refractivity contribution in [2.45, 2.75) is 177 Å². The van der Waals surface area contributed by atoms with Gasteiger partial charge in [-0.3, -0.25) is 19.2 Å². The van der Waals surface area contributed by atoms with E-state index in [0.717, 1.165) is 102 Å². The first kappa shape index (κ1) is 46.1. The quantitative estimate of drug-likeness (QED) is 0.228. The lowest BCUT2D eigenvalue weighted by molar-refractivity contribution is -0.236. The van der Waals surface area contributed by atoms with E-state index in [9.17, 15) is 18.8 Å². The Labute approximate surface area is 383 Å². The van der Waals surface area contributed by atoms with E-state index in [-0.39, 0.29) is 87.7 Å². The minimum Gasteiger partial charge on any atom is -0.462 e. The van der Waals surface area contributed by atoms with E-state index in [0.29, 0.717) is 37.5 Å². The Kier molecular flexibility index (Phi) is 11.7. The number of amides is 1. The largest absolute Gasteiger partial charge is 0.462 e. The van der Waals surface area contributed by atoms with Crippen LogP contribution in [-0.4, -0.2) is 77.9 Å². The van der Waals surface area contributed by atoms with Crippen LogP contribution in [0.5, 0.6) is 0 Å². The van der Waals surface area contributed by atoms with Crippen molar-refractivity contribution in [2.75, 3.05) is 26.2 Å². The molecule has 2 heterocycles. The van der Waals surface area contributed by atoms with Crippen LogP contribution in [0.1, 0.15) is 158 Å². The average Bonchev–Trinajstić information content (AvgIpc) is 3.83. The summed E-state index contributed by atoms with van der Waals surface area (Å²) in [5, 5.41) is 0. The van der Waals surface area contributed by atoms with E-state index in [2.05, 4.69) is 58.3 Å². The van der Waals surface area contributed by atoms with Gasteiger partial charge in [-0.15, -0.1) is 0 Å². The fraction of sp³-hybridized carbons (Fsp3) is 0.782. The van der Waals surface area contributed by atoms with Crippen LogP contribution < -0.4 is 0 Å². The molecule has 2 aliphatic heterocycles. The molecule has 9 heteroatoms. The monoisotopic (exact) mass is 883 g/mol. The molecule has 11 atom stereocenters. The normalized spacial score (nSPS) is 40.5. The summed E-state index contributed by atoms with van der Waals surface area (Å²) in [4.78, 5) is 61.6. The number of piperidine rings is 1. The van der Waals surface area contributed by atoms with Crippen molar-refractivity contribution >= 4 is 23.6 Å². The average molecular weight is 883 g/mol. The van der Waals surface area contributed by atoms with E-state index in [1.54, 1.807) is 0 Å². The van der Waals surface area contributed by atoms with Crippen LogP contribution in [0.15, 0.2) is 41.5 Å². The second-order valence-corrected chi connectivity index (χ2v) is 24.6. The van der Waals surface area contributed by atoms with Crippen LogP contribution >= 0.6 is 0 Å². The number of likely N-dealkylation sites (tertiary alicyclic amines) is 2. The number of fused-ring (bicyclic) bond motifs is 7. The van der Waals surface area contributed by atoms with Crippen molar-refractivity contribution in [1.29, 1.82) is 0 Å². The standard InChI is InChI=1S/C55H79FN2O6/c1-34(2)45-41(59)31-55(49(62)58-27-13-16-37(58)32-57-28-21-36(56)22-29-57)26-25-53(8)38(46(45)55)17-18-43-52(7)23-20-44(51(5,6)42(52)19-24-54(43,53)9)64-48(61)40-30-39(50(40,3)4)47(60)63-33-35-14-11-10-12-15-35/h10-12,14-15,34,36-40,42-44H,13,16-33H2,1-9H3/t37-,38+,39-,40+,42-,43+,44-,52-,53+,54+,55+/m0/s1. The molecule has 0 unspecified atom stereocenters. The molecule has 1 aromatic carbocycles. The van der Waals surface area contributed by atoms with Crippen LogP contribution in [-0.2, 0) is 35.3 Å². The number of carbonyl (C=O) groups excluding carboxylic acids is 4. The number of benzene rings is 1. The molecule has 7 fully saturated rings. The van der Waals surface area contributed by atoms with Gasteiger partial charge in [0.15, 0.2) is 5.78 Å². The van der Waals surface area contributed by atoms with Gasteiger partial charge in [0.25, 0.3) is 0 Å². The lowest BCUT2D eigenvalue weighted by atomic mass is 9.33. The predicted octanol–water partition coefficient (Wildman–Crippen LogP) is 10.7. The Morgan fingerprint density at radius 2 is 1.47 bits per heavy atom. The molecule has 0 radical (unpaired) electrons. The summed E-state index contributed by atoms with van der Waals surface area (Å²) in [5.74, 6) is 0.427. The second-order valence-electron chi connectivity index (χ2n) is 24.6. The van der Waals surface area contributed by atoms with Crippen LogP contribution in [0.25, 0.3) is 0 Å². The molecule has 0 spiro atoms. The molecule has 2 saturated heterocycles. The van der Waals surface area contributed by atoms with Gasteiger partial charge in [-0.05, 0) is 146 Å². The Hall–Kier alpha value is -3.07. The number of halogens is 1. The lowest BCUT2D eigenvalue weighted by Gasteiger charge is -2.72. The van der Waals surface area contributed by atoms with Crippen LogP contribution in [0.4, 0.5) is 4.39 Å². The molecule has 1 aromatic rings. The highest BCUT2D eigenvalue weighted by atomic mass is 19.1. The number of rotatable bonds is 9. The van der Waals surface area contributed by atoms with Crippen LogP contribution in [0.3, 0.4) is 0 Å². The maximum absolute atomic E-state index is 15.4. The molecular weight excluding hydrogens is 804 g/mol. The number of ketones is 1. The highest BCUT2D eigenvalue weighted by Gasteiger charge is 2.71. The van der Waals surface area contributed by atoms with Gasteiger partial charge < -0.3 is 19.3 Å². The van der Waals surface area contributed by atoms with Crippen LogP contribution in [0, 0.1) is 68.0 Å². The first-order valence-corrected chi connectivity index (χ1v) is 25.6. The second kappa shape index (κ2) is 16.3. The number of Topliss-reactive ketones (excluding diaryl/α,β-unsaturated/α-hetero) is 1. The number of hydrogen-bond acceptors (Lipinski definition) is 7. The molecule has 1 amide bonds. The van der Waals surface area contributed by atoms with Gasteiger partial charge in [0, 0.05) is 44.1 Å². The summed E-state index contributed by atoms with van der Waals surface area (Å²) < 4.78 is 26.4. The van der Waals surface area contributed by atoms with Gasteiger partial charge in [0.2, 0.25) is 5.91 Å². The minimum atomic E-state index is -0.749. The van der Waals surface area contributed by atoms with Crippen LogP contribution in [0.2, 0.25) is 0 Å². The van der Waals surface area contributed by atoms with Crippen molar-refractivity contribution in [3.05, 3.63) is 47.0 Å². The third kappa shape index (κ3) is 7.01. The smallest absolute Gasteiger partial charge is 0.309 e. The third-order valence-electron chi connectivity index (χ3n) is 20.7. The number of alkyl halides is 1. The third-order valence-corrected chi connectivity index (χ3v) is 20.7. The van der Waals surface area contributed by atoms with Crippen molar-refractivity contribution in [2.24, 2.45) is 68.0 Å². The molecule has 352 valence electrons. The van der Waals surface area contributed by atoms with Gasteiger partial charge in [-0.2, -0.15) is 0 Å². The fourth-order valence-corrected chi connectivity index (χ4v) is 16.8. The molecule has 8 nitrogen and oxygen atoms in total. The highest BCUT2D eigenvalue weighted by molar-refractivity contribution is 6.07. The van der Waals surface area contributed by atoms with Crippen molar-refractivity contribution in [3.63, 3.8) is 0 Å². The van der Waals surface area contributed by atoms with E-state index in [1.807, 2.05) is 44.2 Å². The summed E-state index contributed by atoms with van der Waals surface area (Å²) in [6.45, 7) is 24.0. The molecule has 6 aliphatic carbocycles. The molecule has 5 saturated carbocycles. The van der Waals surface area contributed by atoms with Gasteiger partial charge in [0.05, 0.1) is 17.3 Å². The summed E-state index contributed by atoms with van der Waals surface area (Å²) >= 11 is 0. The van der Waals surface area contributed by atoms with E-state index < -0.39 is 17.0 Å². The molecular formula is C55H79FN2O6. The Morgan fingerprint density at radius 1 is 0.766 bits per heavy atom. The van der Waals surface area contributed by atoms with E-state index in [4.69, 9.17) is 9.47 Å². The molecule has 0 aromatic heterocycles. The summed E-state index contributed by atoms with van der Waals surface area (Å²) in [6.07, 6.45) is 10.7. The number of ether oxygens (including phenoxy) is 2. The molecule has 0 bridgehead atoms. The first-order valence-electron chi connectivity index (χ1n) is 25.6. The SMILES string of the molecule is CC(C)C1=C2[C@H]3CC[C@@H]4[C@@]5(C)CC[C@H](OC(=O)[C@H]6C[C@@H](C(=O)OCc7ccccc7)C6(C)C)C(C)(C)[C@@H]5CC[C@@]4(C)[C@]3(C)CC[C@@]2(C(=O)N2CCC[C@H]2CN2CCC(F)CC2)CC1=O. The molecule has 9 rings (SSSR count). The highest BCUT2D eigenvalue weighted by Crippen LogP contribution is 2.77. The van der Waals surface area contributed by atoms with E-state index >= 15 is 4.79 Å². The van der Waals surface area contributed by atoms with Gasteiger partial charge >= 0.3 is 11.9 Å². The maximum Gasteiger partial charge on any atom is 0.309 e. The zero-order valence-electron chi connectivity index (χ0n) is 40.7. The number of nitrogens with zero attached hydrogens (tertiary/aromatic N) is 2.